The van der Waals surface area contributed by atoms with Gasteiger partial charge in [0.2, 0.25) is 0 Å². The molecule has 0 saturated heterocycles. The van der Waals surface area contributed by atoms with Crippen LogP contribution in [0.5, 0.6) is 0 Å². The van der Waals surface area contributed by atoms with Crippen LogP contribution in [0.25, 0.3) is 17.0 Å². The minimum Gasteiger partial charge on any atom is -0.478 e. The number of carboxylic acid groups (broad SMARTS) is 1. The van der Waals surface area contributed by atoms with Gasteiger partial charge in [0.15, 0.2) is 11.5 Å². The van der Waals surface area contributed by atoms with E-state index < -0.39 is 23.8 Å². The molecular weight excluding hydrogens is 488 g/mol. The lowest BCUT2D eigenvalue weighted by Gasteiger charge is -2.15. The molecule has 1 aliphatic rings. The van der Waals surface area contributed by atoms with Crippen LogP contribution in [0, 0.1) is 5.92 Å². The van der Waals surface area contributed by atoms with Crippen molar-refractivity contribution in [2.24, 2.45) is 5.92 Å². The monoisotopic (exact) mass is 514 g/mol. The second-order valence-electron chi connectivity index (χ2n) is 9.27. The predicted molar refractivity (Wildman–Crippen MR) is 137 cm³/mol. The molecule has 0 unspecified atom stereocenters. The van der Waals surface area contributed by atoms with Gasteiger partial charge in [-0.2, -0.15) is 0 Å². The first kappa shape index (κ1) is 24.9. The van der Waals surface area contributed by atoms with Crippen molar-refractivity contribution in [1.82, 2.24) is 20.0 Å². The summed E-state index contributed by atoms with van der Waals surface area (Å²) in [5.41, 5.74) is 2.25. The Morgan fingerprint density at radius 3 is 2.63 bits per heavy atom. The van der Waals surface area contributed by atoms with Gasteiger partial charge in [0.25, 0.3) is 11.8 Å². The van der Waals surface area contributed by atoms with Crippen molar-refractivity contribution in [3.05, 3.63) is 83.5 Å². The summed E-state index contributed by atoms with van der Waals surface area (Å²) in [6.07, 6.45) is 5.12. The fourth-order valence-electron chi connectivity index (χ4n) is 4.27. The third-order valence-electron chi connectivity index (χ3n) is 6.50. The van der Waals surface area contributed by atoms with Crippen LogP contribution in [-0.2, 0) is 11.3 Å². The smallest absolute Gasteiger partial charge is 0.337 e. The van der Waals surface area contributed by atoms with Crippen molar-refractivity contribution < 1.29 is 28.7 Å². The van der Waals surface area contributed by atoms with Gasteiger partial charge in [-0.25, -0.2) is 9.78 Å². The largest absolute Gasteiger partial charge is 0.478 e. The number of aromatic carboxylic acids is 1. The molecule has 1 aliphatic carbocycles. The first-order valence-electron chi connectivity index (χ1n) is 12.4. The number of Topliss-reactive ketones (excluding diaryl/α,β-unsaturated/α-hetero) is 1. The zero-order valence-corrected chi connectivity index (χ0v) is 20.6. The summed E-state index contributed by atoms with van der Waals surface area (Å²) in [5, 5.41) is 14.8. The van der Waals surface area contributed by atoms with Gasteiger partial charge < -0.3 is 24.6 Å². The van der Waals surface area contributed by atoms with E-state index in [1.54, 1.807) is 19.1 Å². The summed E-state index contributed by atoms with van der Waals surface area (Å²) in [6.45, 7) is 2.01. The van der Waals surface area contributed by atoms with Gasteiger partial charge in [0.1, 0.15) is 17.1 Å². The number of rotatable bonds is 10. The molecular formula is C28H26N4O6. The molecule has 194 valence electrons. The van der Waals surface area contributed by atoms with E-state index in [4.69, 9.17) is 9.52 Å². The summed E-state index contributed by atoms with van der Waals surface area (Å²) < 4.78 is 7.29. The molecule has 0 radical (unpaired) electrons. The van der Waals surface area contributed by atoms with E-state index in [2.05, 4.69) is 15.6 Å². The normalized spacial score (nSPS) is 13.7. The Morgan fingerprint density at radius 2 is 1.89 bits per heavy atom. The van der Waals surface area contributed by atoms with Crippen molar-refractivity contribution in [3.63, 3.8) is 0 Å². The maximum Gasteiger partial charge on any atom is 0.337 e. The number of pyridine rings is 1. The topological polar surface area (TPSA) is 143 Å². The lowest BCUT2D eigenvalue weighted by atomic mass is 10.1. The third-order valence-corrected chi connectivity index (χ3v) is 6.50. The lowest BCUT2D eigenvalue weighted by molar-refractivity contribution is -0.121. The minimum absolute atomic E-state index is 0.0241. The van der Waals surface area contributed by atoms with Gasteiger partial charge in [0.05, 0.1) is 11.6 Å². The summed E-state index contributed by atoms with van der Waals surface area (Å²) in [4.78, 5) is 53.0. The number of fused-ring (bicyclic) bond motifs is 1. The first-order chi connectivity index (χ1) is 18.3. The van der Waals surface area contributed by atoms with Crippen LogP contribution in [0.15, 0.2) is 65.3 Å². The number of furan rings is 1. The van der Waals surface area contributed by atoms with Crippen molar-refractivity contribution >= 4 is 29.2 Å². The second-order valence-corrected chi connectivity index (χ2v) is 9.27. The minimum atomic E-state index is -1.06. The second kappa shape index (κ2) is 10.3. The Kier molecular flexibility index (Phi) is 6.78. The van der Waals surface area contributed by atoms with Gasteiger partial charge >= 0.3 is 5.97 Å². The number of aromatic nitrogens is 2. The number of carbonyl (C=O) groups is 4. The molecule has 0 spiro atoms. The Bertz CT molecular complexity index is 1550. The van der Waals surface area contributed by atoms with Crippen LogP contribution in [0.3, 0.4) is 0 Å². The van der Waals surface area contributed by atoms with E-state index in [1.165, 1.54) is 28.9 Å². The number of hydrogen-bond donors (Lipinski definition) is 3. The Hall–Kier alpha value is -4.73. The fourth-order valence-corrected chi connectivity index (χ4v) is 4.27. The molecule has 5 rings (SSSR count). The molecule has 1 fully saturated rings. The number of amides is 2. The molecule has 4 aromatic rings. The van der Waals surface area contributed by atoms with Gasteiger partial charge in [-0.3, -0.25) is 14.4 Å². The highest BCUT2D eigenvalue weighted by Gasteiger charge is 2.36. The van der Waals surface area contributed by atoms with E-state index >= 15 is 0 Å². The van der Waals surface area contributed by atoms with Gasteiger partial charge in [-0.15, -0.1) is 0 Å². The summed E-state index contributed by atoms with van der Waals surface area (Å²) in [5.74, 6) is -1.04. The zero-order chi connectivity index (χ0) is 26.8. The average Bonchev–Trinajstić information content (AvgIpc) is 3.47. The predicted octanol–water partition coefficient (Wildman–Crippen LogP) is 3.71. The molecule has 2 amide bonds. The van der Waals surface area contributed by atoms with Gasteiger partial charge in [0, 0.05) is 30.9 Å². The number of ketones is 1. The van der Waals surface area contributed by atoms with Crippen LogP contribution in [0.2, 0.25) is 0 Å². The third kappa shape index (κ3) is 5.34. The first-order valence-corrected chi connectivity index (χ1v) is 12.4. The molecule has 1 saturated carbocycles. The number of carboxylic acids is 1. The standard InChI is InChI=1S/C28H26N4O6/c1-2-21(33)25(17-6-7-17)31-27(35)23-10-9-22(38-23)18-5-3-4-16(12-18)13-29-26(34)20-15-32-14-19(28(36)37)8-11-24(32)30-20/h3-5,8-12,14-15,17,25H,2,6-7,13H2,1H3,(H,29,34)(H,31,35)(H,36,37)/t25-/m0/s1. The van der Waals surface area contributed by atoms with E-state index in [1.807, 2.05) is 24.3 Å². The molecule has 1 atom stereocenters. The highest BCUT2D eigenvalue weighted by atomic mass is 16.4. The summed E-state index contributed by atoms with van der Waals surface area (Å²) in [7, 11) is 0. The molecule has 10 nitrogen and oxygen atoms in total. The van der Waals surface area contributed by atoms with Crippen LogP contribution in [0.4, 0.5) is 0 Å². The van der Waals surface area contributed by atoms with Crippen LogP contribution >= 0.6 is 0 Å². The quantitative estimate of drug-likeness (QED) is 0.293. The number of carbonyl (C=O) groups excluding carboxylic acids is 3. The number of nitrogens with zero attached hydrogens (tertiary/aromatic N) is 2. The van der Waals surface area contributed by atoms with Gasteiger partial charge in [-0.05, 0) is 54.7 Å². The molecule has 10 heteroatoms. The zero-order valence-electron chi connectivity index (χ0n) is 20.6. The van der Waals surface area contributed by atoms with E-state index in [0.717, 1.165) is 24.0 Å². The highest BCUT2D eigenvalue weighted by Crippen LogP contribution is 2.33. The van der Waals surface area contributed by atoms with E-state index in [-0.39, 0.29) is 35.3 Å². The van der Waals surface area contributed by atoms with Crippen LogP contribution in [0.1, 0.15) is 63.2 Å². The van der Waals surface area contributed by atoms with Crippen LogP contribution in [-0.4, -0.2) is 44.1 Å². The maximum atomic E-state index is 12.7. The SMILES string of the molecule is CCC(=O)[C@@H](NC(=O)c1ccc(-c2cccc(CNC(=O)c3cn4cc(C(=O)O)ccc4n3)c2)o1)C1CC1. The summed E-state index contributed by atoms with van der Waals surface area (Å²) >= 11 is 0. The van der Waals surface area contributed by atoms with E-state index in [9.17, 15) is 19.2 Å². The molecule has 0 bridgehead atoms. The highest BCUT2D eigenvalue weighted by molar-refractivity contribution is 5.96. The van der Waals surface area contributed by atoms with E-state index in [0.29, 0.717) is 17.8 Å². The molecule has 1 aromatic carbocycles. The molecule has 3 aromatic heterocycles. The Balaban J connectivity index is 1.23. The number of nitrogens with one attached hydrogen (secondary N) is 2. The number of benzene rings is 1. The number of imidazole rings is 1. The van der Waals surface area contributed by atoms with Crippen molar-refractivity contribution in [2.75, 3.05) is 0 Å². The molecule has 3 N–H and O–H groups in total. The molecule has 0 aliphatic heterocycles. The fraction of sp³-hybridized carbons (Fsp3) is 0.250. The Labute approximate surface area is 217 Å². The van der Waals surface area contributed by atoms with Crippen LogP contribution < -0.4 is 10.6 Å². The van der Waals surface area contributed by atoms with Crippen molar-refractivity contribution in [3.8, 4) is 11.3 Å². The van der Waals surface area contributed by atoms with Crippen molar-refractivity contribution in [2.45, 2.75) is 38.8 Å². The van der Waals surface area contributed by atoms with Crippen molar-refractivity contribution in [1.29, 1.82) is 0 Å². The lowest BCUT2D eigenvalue weighted by Crippen LogP contribution is -2.42. The summed E-state index contributed by atoms with van der Waals surface area (Å²) in [6, 6.07) is 13.1. The Morgan fingerprint density at radius 1 is 1.08 bits per heavy atom. The number of hydrogen-bond acceptors (Lipinski definition) is 6. The molecule has 38 heavy (non-hydrogen) atoms. The average molecular weight is 515 g/mol. The molecule has 3 heterocycles. The van der Waals surface area contributed by atoms with Gasteiger partial charge in [-0.1, -0.05) is 25.1 Å². The maximum absolute atomic E-state index is 12.7.